The number of fused-ring (bicyclic) bond motifs is 1. The van der Waals surface area contributed by atoms with E-state index in [9.17, 15) is 8.78 Å². The number of pyridine rings is 2. The summed E-state index contributed by atoms with van der Waals surface area (Å²) in [6, 6.07) is 25.2. The molecule has 2 aromatic heterocycles. The normalized spacial score (nSPS) is 11.8. The van der Waals surface area contributed by atoms with E-state index >= 15 is 0 Å². The molecule has 6 heteroatoms. The molecule has 0 bridgehead atoms. The molecule has 2 heterocycles. The Labute approximate surface area is 250 Å². The van der Waals surface area contributed by atoms with Crippen LogP contribution >= 0.6 is 9.42 Å². The van der Waals surface area contributed by atoms with Crippen molar-refractivity contribution in [3.63, 3.8) is 0 Å². The van der Waals surface area contributed by atoms with Gasteiger partial charge in [0, 0.05) is 23.2 Å². The maximum absolute atomic E-state index is 14.9. The Balaban J connectivity index is 0.00000181. The summed E-state index contributed by atoms with van der Waals surface area (Å²) < 4.78 is 28.6. The van der Waals surface area contributed by atoms with Crippen molar-refractivity contribution in [2.75, 3.05) is 0 Å². The van der Waals surface area contributed by atoms with Gasteiger partial charge in [-0.25, -0.2) is 0 Å². The topological polar surface area (TPSA) is 25.8 Å². The number of rotatable bonds is 3. The average Bonchev–Trinajstić information content (AvgIpc) is 2.92. The molecule has 0 fully saturated rings. The van der Waals surface area contributed by atoms with E-state index in [1.54, 1.807) is 18.8 Å². The number of hydrogen-bond acceptors (Lipinski definition) is 2. The van der Waals surface area contributed by atoms with E-state index in [2.05, 4.69) is 80.2 Å². The zero-order chi connectivity index (χ0) is 29.2. The Kier molecular flexibility index (Phi) is 8.92. The summed E-state index contributed by atoms with van der Waals surface area (Å²) in [6.07, 6.45) is 1.82. The van der Waals surface area contributed by atoms with E-state index < -0.39 is 11.6 Å². The van der Waals surface area contributed by atoms with Crippen LogP contribution in [-0.4, -0.2) is 9.97 Å². The first-order valence-corrected chi connectivity index (χ1v) is 15.7. The molecule has 0 aliphatic heterocycles. The van der Waals surface area contributed by atoms with Gasteiger partial charge in [0.15, 0.2) is 0 Å². The third-order valence-electron chi connectivity index (χ3n) is 6.83. The second-order valence-electron chi connectivity index (χ2n) is 11.9. The van der Waals surface area contributed by atoms with Crippen molar-refractivity contribution in [1.82, 2.24) is 9.97 Å². The fraction of sp³-hybridized carbons (Fsp3) is 0.235. The molecule has 2 nitrogen and oxygen atoms in total. The summed E-state index contributed by atoms with van der Waals surface area (Å²) in [5.41, 5.74) is 5.98. The Morgan fingerprint density at radius 1 is 0.700 bits per heavy atom. The van der Waals surface area contributed by atoms with Gasteiger partial charge in [0.1, 0.15) is 0 Å². The summed E-state index contributed by atoms with van der Waals surface area (Å²) in [5.74, 6) is -1.38. The van der Waals surface area contributed by atoms with Gasteiger partial charge in [-0.2, -0.15) is 0 Å². The molecule has 0 saturated heterocycles. The first-order valence-electron chi connectivity index (χ1n) is 12.9. The SMILES string of the molecule is CC(C)(C)c1cc(-c2cc(-c3cc4ccccc4cn3)nc(-c3[c-]cc(F)cc3F)c2)cc(C(C)(C)C)c1.[Cl][Pt+]. The van der Waals surface area contributed by atoms with E-state index in [4.69, 9.17) is 4.98 Å². The Hall–Kier alpha value is -2.94. The third kappa shape index (κ3) is 6.67. The van der Waals surface area contributed by atoms with Gasteiger partial charge in [-0.3, -0.25) is 18.7 Å². The molecule has 5 aromatic rings. The Bertz CT molecular complexity index is 1640. The van der Waals surface area contributed by atoms with Crippen molar-refractivity contribution < 1.29 is 27.6 Å². The molecule has 3 aromatic carbocycles. The fourth-order valence-electron chi connectivity index (χ4n) is 4.48. The zero-order valence-electron chi connectivity index (χ0n) is 23.4. The van der Waals surface area contributed by atoms with Gasteiger partial charge >= 0.3 is 28.2 Å². The maximum atomic E-state index is 14.9. The van der Waals surface area contributed by atoms with E-state index in [1.165, 1.54) is 11.1 Å². The van der Waals surface area contributed by atoms with Crippen molar-refractivity contribution in [1.29, 1.82) is 0 Å². The van der Waals surface area contributed by atoms with Crippen molar-refractivity contribution in [3.05, 3.63) is 108 Å². The van der Waals surface area contributed by atoms with E-state index in [0.29, 0.717) is 17.1 Å². The number of nitrogens with zero attached hydrogens (tertiary/aromatic N) is 2. The van der Waals surface area contributed by atoms with Gasteiger partial charge < -0.3 is 0 Å². The van der Waals surface area contributed by atoms with Gasteiger partial charge in [0.2, 0.25) is 0 Å². The molecular weight excluding hydrogens is 705 g/mol. The first kappa shape index (κ1) is 30.0. The standard InChI is InChI=1S/C34H31F2N2.ClH.Pt/c1-33(2,3)25-13-23(14-26(18-25)34(4,5)6)24-16-30(28-12-11-27(35)19-29(28)36)38-32(17-24)31-15-21-9-7-8-10-22(21)20-37-31;;/h7-11,13-20H,1-6H3;1H;/q-1;;+2/p-1. The first-order chi connectivity index (χ1) is 18.9. The van der Waals surface area contributed by atoms with Crippen LogP contribution in [0.4, 0.5) is 8.78 Å². The average molecular weight is 736 g/mol. The van der Waals surface area contributed by atoms with Crippen LogP contribution in [0.2, 0.25) is 0 Å². The van der Waals surface area contributed by atoms with Gasteiger partial charge in [-0.1, -0.05) is 102 Å². The van der Waals surface area contributed by atoms with Crippen molar-refractivity contribution in [3.8, 4) is 33.8 Å². The molecule has 0 radical (unpaired) electrons. The van der Waals surface area contributed by atoms with Gasteiger partial charge in [-0.15, -0.1) is 12.1 Å². The van der Waals surface area contributed by atoms with Crippen LogP contribution in [-0.2, 0) is 29.6 Å². The molecule has 40 heavy (non-hydrogen) atoms. The molecule has 0 spiro atoms. The number of benzene rings is 3. The van der Waals surface area contributed by atoms with Crippen LogP contribution in [0, 0.1) is 17.7 Å². The minimum atomic E-state index is -0.703. The fourth-order valence-corrected chi connectivity index (χ4v) is 4.48. The van der Waals surface area contributed by atoms with E-state index in [-0.39, 0.29) is 16.4 Å². The third-order valence-corrected chi connectivity index (χ3v) is 6.83. The van der Waals surface area contributed by atoms with Crippen LogP contribution in [0.3, 0.4) is 0 Å². The summed E-state index contributed by atoms with van der Waals surface area (Å²) in [4.78, 5) is 9.45. The molecule has 0 saturated carbocycles. The molecule has 0 atom stereocenters. The van der Waals surface area contributed by atoms with Gasteiger partial charge in [-0.05, 0) is 56.3 Å². The summed E-state index contributed by atoms with van der Waals surface area (Å²) in [7, 11) is 4.61. The molecule has 0 aliphatic carbocycles. The van der Waals surface area contributed by atoms with Crippen LogP contribution in [0.25, 0.3) is 44.5 Å². The molecule has 0 N–H and O–H groups in total. The predicted octanol–water partition coefficient (Wildman–Crippen LogP) is 9.99. The molecule has 0 aliphatic rings. The number of halogens is 3. The number of aromatic nitrogens is 2. The Morgan fingerprint density at radius 2 is 1.27 bits per heavy atom. The molecule has 0 amide bonds. The van der Waals surface area contributed by atoms with Crippen LogP contribution in [0.1, 0.15) is 52.7 Å². The molecule has 0 unspecified atom stereocenters. The molecule has 5 rings (SSSR count). The zero-order valence-corrected chi connectivity index (χ0v) is 26.4. The van der Waals surface area contributed by atoms with Crippen molar-refractivity contribution in [2.24, 2.45) is 0 Å². The summed E-state index contributed by atoms with van der Waals surface area (Å²) in [5, 5.41) is 2.06. The second kappa shape index (κ2) is 11.9. The second-order valence-corrected chi connectivity index (χ2v) is 11.9. The van der Waals surface area contributed by atoms with E-state index in [1.807, 2.05) is 48.7 Å². The summed E-state index contributed by atoms with van der Waals surface area (Å²) >= 11 is 1.61. The van der Waals surface area contributed by atoms with Crippen molar-refractivity contribution in [2.45, 2.75) is 52.4 Å². The van der Waals surface area contributed by atoms with E-state index in [0.717, 1.165) is 34.0 Å². The molecular formula is C34H31ClF2N2Pt. The minimum absolute atomic E-state index is 0.0640. The molecule has 208 valence electrons. The summed E-state index contributed by atoms with van der Waals surface area (Å²) in [6.45, 7) is 13.2. The van der Waals surface area contributed by atoms with Crippen LogP contribution < -0.4 is 0 Å². The quantitative estimate of drug-likeness (QED) is 0.173. The van der Waals surface area contributed by atoms with Gasteiger partial charge in [0.25, 0.3) is 0 Å². The van der Waals surface area contributed by atoms with Crippen LogP contribution in [0.5, 0.6) is 0 Å². The van der Waals surface area contributed by atoms with Crippen LogP contribution in [0.15, 0.2) is 79.0 Å². The van der Waals surface area contributed by atoms with Crippen molar-refractivity contribution >= 4 is 20.2 Å². The predicted molar refractivity (Wildman–Crippen MR) is 158 cm³/mol. The monoisotopic (exact) mass is 735 g/mol. The number of hydrogen-bond donors (Lipinski definition) is 0. The van der Waals surface area contributed by atoms with Gasteiger partial charge in [0.05, 0.1) is 11.4 Å². The Morgan fingerprint density at radius 3 is 1.88 bits per heavy atom.